The fourth-order valence-electron chi connectivity index (χ4n) is 1.83. The molecule has 1 heteroatoms. The lowest BCUT2D eigenvalue weighted by Crippen LogP contribution is -2.01. The van der Waals surface area contributed by atoms with E-state index in [2.05, 4.69) is 26.5 Å². The Morgan fingerprint density at radius 2 is 2.18 bits per heavy atom. The number of thiol groups is 1. The standard InChI is InChI=1S/C10H20S/c1-3-9(4-5-11)7-10-6-8(10)2/h8-11H,3-7H2,1-2H3. The molecule has 0 heterocycles. The minimum atomic E-state index is 0.961. The molecule has 3 atom stereocenters. The van der Waals surface area contributed by atoms with Gasteiger partial charge in [-0.15, -0.1) is 0 Å². The van der Waals surface area contributed by atoms with Gasteiger partial charge in [0.25, 0.3) is 0 Å². The third kappa shape index (κ3) is 3.06. The summed E-state index contributed by atoms with van der Waals surface area (Å²) in [4.78, 5) is 0. The molecule has 1 rings (SSSR count). The van der Waals surface area contributed by atoms with Crippen LogP contribution in [0.2, 0.25) is 0 Å². The Morgan fingerprint density at radius 1 is 1.55 bits per heavy atom. The van der Waals surface area contributed by atoms with E-state index in [9.17, 15) is 0 Å². The van der Waals surface area contributed by atoms with E-state index in [1.165, 1.54) is 25.7 Å². The summed E-state index contributed by atoms with van der Waals surface area (Å²) in [6, 6.07) is 0. The van der Waals surface area contributed by atoms with Crippen LogP contribution < -0.4 is 0 Å². The van der Waals surface area contributed by atoms with Crippen LogP contribution in [0.3, 0.4) is 0 Å². The molecular formula is C10H20S. The highest BCUT2D eigenvalue weighted by Crippen LogP contribution is 2.43. The molecule has 0 spiro atoms. The van der Waals surface area contributed by atoms with Crippen LogP contribution in [0, 0.1) is 17.8 Å². The minimum absolute atomic E-state index is 0.961. The van der Waals surface area contributed by atoms with Crippen LogP contribution in [0.4, 0.5) is 0 Å². The van der Waals surface area contributed by atoms with Crippen molar-refractivity contribution < 1.29 is 0 Å². The van der Waals surface area contributed by atoms with Gasteiger partial charge >= 0.3 is 0 Å². The molecule has 0 N–H and O–H groups in total. The highest BCUT2D eigenvalue weighted by Gasteiger charge is 2.33. The van der Waals surface area contributed by atoms with E-state index in [1.54, 1.807) is 0 Å². The van der Waals surface area contributed by atoms with Gasteiger partial charge in [-0.2, -0.15) is 12.6 Å². The molecule has 1 fully saturated rings. The van der Waals surface area contributed by atoms with Gasteiger partial charge in [0.2, 0.25) is 0 Å². The molecule has 0 aliphatic heterocycles. The summed E-state index contributed by atoms with van der Waals surface area (Å²) >= 11 is 4.28. The van der Waals surface area contributed by atoms with Gasteiger partial charge in [0.15, 0.2) is 0 Å². The average molecular weight is 172 g/mol. The molecule has 0 radical (unpaired) electrons. The van der Waals surface area contributed by atoms with Gasteiger partial charge in [0, 0.05) is 0 Å². The Bertz CT molecular complexity index is 111. The van der Waals surface area contributed by atoms with Crippen molar-refractivity contribution in [2.45, 2.75) is 39.5 Å². The second kappa shape index (κ2) is 4.39. The molecule has 0 aromatic carbocycles. The first-order chi connectivity index (χ1) is 5.27. The molecular weight excluding hydrogens is 152 g/mol. The molecule has 1 saturated carbocycles. The lowest BCUT2D eigenvalue weighted by molar-refractivity contribution is 0.423. The summed E-state index contributed by atoms with van der Waals surface area (Å²) in [6.07, 6.45) is 5.63. The third-order valence-corrected chi connectivity index (χ3v) is 3.29. The lowest BCUT2D eigenvalue weighted by Gasteiger charge is -2.12. The fraction of sp³-hybridized carbons (Fsp3) is 1.00. The van der Waals surface area contributed by atoms with E-state index in [1.807, 2.05) is 0 Å². The van der Waals surface area contributed by atoms with Gasteiger partial charge in [-0.3, -0.25) is 0 Å². The van der Waals surface area contributed by atoms with Crippen molar-refractivity contribution in [1.82, 2.24) is 0 Å². The summed E-state index contributed by atoms with van der Waals surface area (Å²) in [7, 11) is 0. The van der Waals surface area contributed by atoms with Crippen molar-refractivity contribution in [3.63, 3.8) is 0 Å². The predicted octanol–water partition coefficient (Wildman–Crippen LogP) is 3.38. The van der Waals surface area contributed by atoms with Gasteiger partial charge in [-0.1, -0.05) is 20.3 Å². The monoisotopic (exact) mass is 172 g/mol. The molecule has 0 aromatic heterocycles. The molecule has 3 unspecified atom stereocenters. The number of rotatable bonds is 5. The van der Waals surface area contributed by atoms with Crippen LogP contribution in [-0.2, 0) is 0 Å². The largest absolute Gasteiger partial charge is 0.179 e. The molecule has 0 bridgehead atoms. The van der Waals surface area contributed by atoms with Gasteiger partial charge in [-0.25, -0.2) is 0 Å². The highest BCUT2D eigenvalue weighted by atomic mass is 32.1. The maximum atomic E-state index is 4.28. The molecule has 0 aromatic rings. The summed E-state index contributed by atoms with van der Waals surface area (Å²) < 4.78 is 0. The van der Waals surface area contributed by atoms with E-state index in [4.69, 9.17) is 0 Å². The zero-order valence-corrected chi connectivity index (χ0v) is 8.61. The summed E-state index contributed by atoms with van der Waals surface area (Å²) in [5.74, 6) is 4.13. The highest BCUT2D eigenvalue weighted by molar-refractivity contribution is 7.80. The first-order valence-corrected chi connectivity index (χ1v) is 5.52. The van der Waals surface area contributed by atoms with Crippen LogP contribution in [0.25, 0.3) is 0 Å². The number of hydrogen-bond acceptors (Lipinski definition) is 1. The van der Waals surface area contributed by atoms with Gasteiger partial charge in [0.05, 0.1) is 0 Å². The fourth-order valence-corrected chi connectivity index (χ4v) is 2.19. The zero-order valence-electron chi connectivity index (χ0n) is 7.71. The molecule has 0 saturated heterocycles. The first-order valence-electron chi connectivity index (χ1n) is 4.88. The second-order valence-corrected chi connectivity index (χ2v) is 4.44. The summed E-state index contributed by atoms with van der Waals surface area (Å²) in [6.45, 7) is 4.68. The Morgan fingerprint density at radius 3 is 2.55 bits per heavy atom. The van der Waals surface area contributed by atoms with E-state index < -0.39 is 0 Å². The minimum Gasteiger partial charge on any atom is -0.179 e. The van der Waals surface area contributed by atoms with E-state index >= 15 is 0 Å². The summed E-state index contributed by atoms with van der Waals surface area (Å²) in [5.41, 5.74) is 0. The quantitative estimate of drug-likeness (QED) is 0.604. The smallest absolute Gasteiger partial charge is 0.00953 e. The van der Waals surface area contributed by atoms with Crippen molar-refractivity contribution >= 4 is 12.6 Å². The maximum Gasteiger partial charge on any atom is -0.00953 e. The van der Waals surface area contributed by atoms with Gasteiger partial charge in [0.1, 0.15) is 0 Å². The SMILES string of the molecule is CCC(CCS)CC1CC1C. The van der Waals surface area contributed by atoms with Crippen LogP contribution in [0.5, 0.6) is 0 Å². The first kappa shape index (κ1) is 9.44. The molecule has 1 aliphatic rings. The Labute approximate surface area is 76.2 Å². The van der Waals surface area contributed by atoms with Crippen LogP contribution in [-0.4, -0.2) is 5.75 Å². The molecule has 1 aliphatic carbocycles. The van der Waals surface area contributed by atoms with Crippen molar-refractivity contribution in [3.05, 3.63) is 0 Å². The summed E-state index contributed by atoms with van der Waals surface area (Å²) in [5, 5.41) is 0. The van der Waals surface area contributed by atoms with E-state index in [-0.39, 0.29) is 0 Å². The predicted molar refractivity (Wildman–Crippen MR) is 54.1 cm³/mol. The van der Waals surface area contributed by atoms with Crippen molar-refractivity contribution in [2.24, 2.45) is 17.8 Å². The van der Waals surface area contributed by atoms with Crippen LogP contribution in [0.15, 0.2) is 0 Å². The number of hydrogen-bond donors (Lipinski definition) is 1. The zero-order chi connectivity index (χ0) is 8.27. The van der Waals surface area contributed by atoms with Crippen LogP contribution in [0.1, 0.15) is 39.5 Å². The molecule has 0 amide bonds. The van der Waals surface area contributed by atoms with Crippen molar-refractivity contribution in [1.29, 1.82) is 0 Å². The topological polar surface area (TPSA) is 0 Å². The lowest BCUT2D eigenvalue weighted by atomic mass is 9.96. The average Bonchev–Trinajstić information content (AvgIpc) is 2.66. The van der Waals surface area contributed by atoms with E-state index in [0.29, 0.717) is 0 Å². The Balaban J connectivity index is 2.10. The molecule has 66 valence electrons. The van der Waals surface area contributed by atoms with Crippen LogP contribution >= 0.6 is 12.6 Å². The normalized spacial score (nSPS) is 31.9. The molecule has 0 nitrogen and oxygen atoms in total. The molecule has 11 heavy (non-hydrogen) atoms. The Kier molecular flexibility index (Phi) is 3.77. The van der Waals surface area contributed by atoms with Crippen molar-refractivity contribution in [3.8, 4) is 0 Å². The maximum absolute atomic E-state index is 4.28. The Hall–Kier alpha value is 0.350. The van der Waals surface area contributed by atoms with Crippen molar-refractivity contribution in [2.75, 3.05) is 5.75 Å². The van der Waals surface area contributed by atoms with Gasteiger partial charge < -0.3 is 0 Å². The van der Waals surface area contributed by atoms with Gasteiger partial charge in [-0.05, 0) is 42.8 Å². The third-order valence-electron chi connectivity index (χ3n) is 3.03. The second-order valence-electron chi connectivity index (χ2n) is 4.00. The van der Waals surface area contributed by atoms with E-state index in [0.717, 1.165) is 23.5 Å².